The predicted molar refractivity (Wildman–Crippen MR) is 120 cm³/mol. The highest BCUT2D eigenvalue weighted by Crippen LogP contribution is 2.20. The molecule has 0 saturated carbocycles. The van der Waals surface area contributed by atoms with Gasteiger partial charge in [0.25, 0.3) is 0 Å². The number of carbonyl (C=O) groups excluding carboxylic acids is 2. The number of piperidine rings is 1. The van der Waals surface area contributed by atoms with Gasteiger partial charge < -0.3 is 9.64 Å². The van der Waals surface area contributed by atoms with E-state index in [9.17, 15) is 14.0 Å². The second-order valence-electron chi connectivity index (χ2n) is 8.42. The number of aryl methyl sites for hydroxylation is 1. The normalized spacial score (nSPS) is 17.4. The Morgan fingerprint density at radius 3 is 2.81 bits per heavy atom. The number of aromatic amines is 1. The van der Waals surface area contributed by atoms with E-state index in [4.69, 9.17) is 4.74 Å². The SMILES string of the molecule is CCOC(=O)C1CCCN(C(=O)C(C)N(C)CCCc2cc(-c3ccc(F)cc3)n[nH]2)C1. The molecule has 1 amide bonds. The Labute approximate surface area is 188 Å². The first kappa shape index (κ1) is 23.9. The summed E-state index contributed by atoms with van der Waals surface area (Å²) in [6, 6.07) is 7.99. The number of esters is 1. The first-order valence-corrected chi connectivity index (χ1v) is 11.3. The summed E-state index contributed by atoms with van der Waals surface area (Å²) in [4.78, 5) is 28.9. The van der Waals surface area contributed by atoms with Gasteiger partial charge in [0, 0.05) is 24.3 Å². The first-order chi connectivity index (χ1) is 15.4. The van der Waals surface area contributed by atoms with Gasteiger partial charge in [-0.2, -0.15) is 5.10 Å². The van der Waals surface area contributed by atoms with Gasteiger partial charge in [-0.3, -0.25) is 19.6 Å². The Balaban J connectivity index is 1.46. The number of benzene rings is 1. The summed E-state index contributed by atoms with van der Waals surface area (Å²) < 4.78 is 18.2. The zero-order valence-corrected chi connectivity index (χ0v) is 19.1. The molecular weight excluding hydrogens is 411 g/mol. The van der Waals surface area contributed by atoms with E-state index in [2.05, 4.69) is 10.2 Å². The number of nitrogens with one attached hydrogen (secondary N) is 1. The van der Waals surface area contributed by atoms with Crippen LogP contribution in [0, 0.1) is 11.7 Å². The molecule has 0 radical (unpaired) electrons. The monoisotopic (exact) mass is 444 g/mol. The number of nitrogens with zero attached hydrogens (tertiary/aromatic N) is 3. The van der Waals surface area contributed by atoms with Crippen LogP contribution < -0.4 is 0 Å². The summed E-state index contributed by atoms with van der Waals surface area (Å²) in [6.07, 6.45) is 3.26. The largest absolute Gasteiger partial charge is 0.466 e. The maximum absolute atomic E-state index is 13.1. The average molecular weight is 445 g/mol. The van der Waals surface area contributed by atoms with Crippen LogP contribution >= 0.6 is 0 Å². The van der Waals surface area contributed by atoms with Crippen LogP contribution in [0.25, 0.3) is 11.3 Å². The molecule has 2 heterocycles. The number of rotatable bonds is 9. The van der Waals surface area contributed by atoms with E-state index in [1.807, 2.05) is 24.9 Å². The molecule has 32 heavy (non-hydrogen) atoms. The minimum atomic E-state index is -0.267. The van der Waals surface area contributed by atoms with Gasteiger partial charge in [-0.25, -0.2) is 4.39 Å². The van der Waals surface area contributed by atoms with E-state index in [1.165, 1.54) is 12.1 Å². The summed E-state index contributed by atoms with van der Waals surface area (Å²) >= 11 is 0. The molecule has 0 bridgehead atoms. The van der Waals surface area contributed by atoms with E-state index >= 15 is 0 Å². The molecule has 2 unspecified atom stereocenters. The van der Waals surface area contributed by atoms with Crippen LogP contribution in [0.2, 0.25) is 0 Å². The van der Waals surface area contributed by atoms with Crippen molar-refractivity contribution in [3.8, 4) is 11.3 Å². The minimum absolute atomic E-state index is 0.0571. The van der Waals surface area contributed by atoms with Gasteiger partial charge in [-0.15, -0.1) is 0 Å². The molecule has 1 aliphatic heterocycles. The Bertz CT molecular complexity index is 899. The van der Waals surface area contributed by atoms with E-state index in [1.54, 1.807) is 24.0 Å². The van der Waals surface area contributed by atoms with Crippen molar-refractivity contribution in [2.24, 2.45) is 5.92 Å². The maximum atomic E-state index is 13.1. The highest BCUT2D eigenvalue weighted by Gasteiger charge is 2.32. The standard InChI is InChI=1S/C24H33FN4O3/c1-4-32-24(31)19-7-5-14-29(16-19)23(30)17(2)28(3)13-6-8-21-15-22(27-26-21)18-9-11-20(25)12-10-18/h9-12,15,17,19H,4-8,13-14,16H2,1-3H3,(H,26,27). The number of halogens is 1. The Morgan fingerprint density at radius 1 is 1.34 bits per heavy atom. The lowest BCUT2D eigenvalue weighted by Gasteiger charge is -2.35. The van der Waals surface area contributed by atoms with E-state index in [0.29, 0.717) is 19.7 Å². The van der Waals surface area contributed by atoms with Gasteiger partial charge in [-0.1, -0.05) is 0 Å². The van der Waals surface area contributed by atoms with Crippen molar-refractivity contribution in [1.29, 1.82) is 0 Å². The van der Waals surface area contributed by atoms with Crippen LogP contribution in [0.4, 0.5) is 4.39 Å². The van der Waals surface area contributed by atoms with Crippen molar-refractivity contribution in [3.63, 3.8) is 0 Å². The highest BCUT2D eigenvalue weighted by molar-refractivity contribution is 5.82. The number of hydrogen-bond acceptors (Lipinski definition) is 5. The maximum Gasteiger partial charge on any atom is 0.310 e. The summed E-state index contributed by atoms with van der Waals surface area (Å²) in [5.41, 5.74) is 2.66. The average Bonchev–Trinajstić information content (AvgIpc) is 3.27. The highest BCUT2D eigenvalue weighted by atomic mass is 19.1. The first-order valence-electron chi connectivity index (χ1n) is 11.3. The molecule has 1 saturated heterocycles. The van der Waals surface area contributed by atoms with Gasteiger partial charge >= 0.3 is 5.97 Å². The number of likely N-dealkylation sites (tertiary alicyclic amines) is 1. The molecule has 1 aromatic carbocycles. The fourth-order valence-electron chi connectivity index (χ4n) is 4.05. The predicted octanol–water partition coefficient (Wildman–Crippen LogP) is 3.27. The molecule has 2 aromatic rings. The zero-order chi connectivity index (χ0) is 23.1. The lowest BCUT2D eigenvalue weighted by molar-refractivity contribution is -0.152. The van der Waals surface area contributed by atoms with Crippen LogP contribution in [0.3, 0.4) is 0 Å². The molecule has 7 nitrogen and oxygen atoms in total. The molecule has 2 atom stereocenters. The third-order valence-corrected chi connectivity index (χ3v) is 6.10. The van der Waals surface area contributed by atoms with Crippen LogP contribution in [0.5, 0.6) is 0 Å². The lowest BCUT2D eigenvalue weighted by Crippen LogP contribution is -2.50. The topological polar surface area (TPSA) is 78.5 Å². The fourth-order valence-corrected chi connectivity index (χ4v) is 4.05. The second-order valence-corrected chi connectivity index (χ2v) is 8.42. The molecule has 0 aliphatic carbocycles. The molecular formula is C24H33FN4O3. The number of aromatic nitrogens is 2. The van der Waals surface area contributed by atoms with Crippen LogP contribution in [-0.4, -0.2) is 71.2 Å². The fraction of sp³-hybridized carbons (Fsp3) is 0.542. The quantitative estimate of drug-likeness (QED) is 0.601. The minimum Gasteiger partial charge on any atom is -0.466 e. The third-order valence-electron chi connectivity index (χ3n) is 6.10. The van der Waals surface area contributed by atoms with Gasteiger partial charge in [-0.05, 0) is 83.5 Å². The third kappa shape index (κ3) is 6.16. The summed E-state index contributed by atoms with van der Waals surface area (Å²) in [6.45, 7) is 5.97. The van der Waals surface area contributed by atoms with Crippen molar-refractivity contribution in [3.05, 3.63) is 41.8 Å². The van der Waals surface area contributed by atoms with Gasteiger partial charge in [0.1, 0.15) is 5.82 Å². The van der Waals surface area contributed by atoms with Crippen molar-refractivity contribution in [2.75, 3.05) is 33.3 Å². The molecule has 1 N–H and O–H groups in total. The number of amides is 1. The molecule has 1 aliphatic rings. The molecule has 8 heteroatoms. The number of ether oxygens (including phenoxy) is 1. The van der Waals surface area contributed by atoms with Gasteiger partial charge in [0.15, 0.2) is 0 Å². The van der Waals surface area contributed by atoms with E-state index in [0.717, 1.165) is 49.2 Å². The molecule has 0 spiro atoms. The number of hydrogen-bond donors (Lipinski definition) is 1. The van der Waals surface area contributed by atoms with Crippen molar-refractivity contribution < 1.29 is 18.7 Å². The second kappa shape index (κ2) is 11.2. The summed E-state index contributed by atoms with van der Waals surface area (Å²) in [5.74, 6) is -0.634. The Hall–Kier alpha value is -2.74. The molecule has 3 rings (SSSR count). The number of H-pyrrole nitrogens is 1. The lowest BCUT2D eigenvalue weighted by atomic mass is 9.97. The van der Waals surface area contributed by atoms with Crippen molar-refractivity contribution >= 4 is 11.9 Å². The van der Waals surface area contributed by atoms with E-state index in [-0.39, 0.29) is 29.7 Å². The Kier molecular flexibility index (Phi) is 8.39. The summed E-state index contributed by atoms with van der Waals surface area (Å²) in [5, 5.41) is 7.35. The zero-order valence-electron chi connectivity index (χ0n) is 19.1. The van der Waals surface area contributed by atoms with Crippen molar-refractivity contribution in [1.82, 2.24) is 20.0 Å². The van der Waals surface area contributed by atoms with Crippen LogP contribution in [0.1, 0.15) is 38.8 Å². The molecule has 174 valence electrons. The summed E-state index contributed by atoms with van der Waals surface area (Å²) in [7, 11) is 1.95. The number of likely N-dealkylation sites (N-methyl/N-ethyl adjacent to an activating group) is 1. The smallest absolute Gasteiger partial charge is 0.310 e. The molecule has 1 aromatic heterocycles. The van der Waals surface area contributed by atoms with Gasteiger partial charge in [0.05, 0.1) is 24.3 Å². The van der Waals surface area contributed by atoms with Crippen LogP contribution in [-0.2, 0) is 20.7 Å². The number of carbonyl (C=O) groups is 2. The van der Waals surface area contributed by atoms with Gasteiger partial charge in [0.2, 0.25) is 5.91 Å². The molecule has 1 fully saturated rings. The Morgan fingerprint density at radius 2 is 2.09 bits per heavy atom. The van der Waals surface area contributed by atoms with Crippen molar-refractivity contribution in [2.45, 2.75) is 45.6 Å². The van der Waals surface area contributed by atoms with Crippen LogP contribution in [0.15, 0.2) is 30.3 Å². The van der Waals surface area contributed by atoms with E-state index < -0.39 is 0 Å².